The van der Waals surface area contributed by atoms with Crippen molar-refractivity contribution in [3.05, 3.63) is 41.5 Å². The summed E-state index contributed by atoms with van der Waals surface area (Å²) >= 11 is 0. The van der Waals surface area contributed by atoms with Crippen molar-refractivity contribution >= 4 is 28.8 Å². The standard InChI is InChI=1S/C19H19N3O4/c1-9(23)19(2)12-7-14-15(8-13(12)22-18(19)25)21-17(20-14)11-5-4-10(24)6-16(11)26-3/h4-8,17,20-21,24H,1-3H3,(H,22,25). The second-order valence-corrected chi connectivity index (χ2v) is 6.73. The number of hydrogen-bond acceptors (Lipinski definition) is 6. The number of hydrogen-bond donors (Lipinski definition) is 4. The molecule has 0 saturated heterocycles. The van der Waals surface area contributed by atoms with Crippen LogP contribution in [-0.4, -0.2) is 23.9 Å². The van der Waals surface area contributed by atoms with Crippen LogP contribution in [0.4, 0.5) is 17.1 Å². The molecular formula is C19H19N3O4. The van der Waals surface area contributed by atoms with Crippen molar-refractivity contribution in [1.82, 2.24) is 0 Å². The van der Waals surface area contributed by atoms with Crippen LogP contribution in [0.3, 0.4) is 0 Å². The number of fused-ring (bicyclic) bond motifs is 2. The summed E-state index contributed by atoms with van der Waals surface area (Å²) in [7, 11) is 1.54. The lowest BCUT2D eigenvalue weighted by molar-refractivity contribution is -0.130. The maximum absolute atomic E-state index is 12.3. The third-order valence-electron chi connectivity index (χ3n) is 5.23. The summed E-state index contributed by atoms with van der Waals surface area (Å²) in [6.07, 6.45) is -0.262. The van der Waals surface area contributed by atoms with Gasteiger partial charge in [-0.15, -0.1) is 0 Å². The number of benzene rings is 2. The van der Waals surface area contributed by atoms with E-state index < -0.39 is 5.41 Å². The zero-order chi connectivity index (χ0) is 18.6. The number of ether oxygens (including phenoxy) is 1. The predicted molar refractivity (Wildman–Crippen MR) is 97.7 cm³/mol. The van der Waals surface area contributed by atoms with Crippen LogP contribution in [0.25, 0.3) is 0 Å². The van der Waals surface area contributed by atoms with Gasteiger partial charge in [-0.3, -0.25) is 9.59 Å². The number of methoxy groups -OCH3 is 1. The van der Waals surface area contributed by atoms with Crippen LogP contribution < -0.4 is 20.7 Å². The first-order chi connectivity index (χ1) is 12.3. The highest BCUT2D eigenvalue weighted by Gasteiger charge is 2.47. The number of Topliss-reactive ketones (excluding diaryl/α,β-unsaturated/α-hetero) is 1. The molecule has 4 rings (SSSR count). The molecule has 134 valence electrons. The van der Waals surface area contributed by atoms with Crippen molar-refractivity contribution in [2.45, 2.75) is 25.4 Å². The first-order valence-electron chi connectivity index (χ1n) is 8.25. The fraction of sp³-hybridized carbons (Fsp3) is 0.263. The smallest absolute Gasteiger partial charge is 0.242 e. The second kappa shape index (κ2) is 5.39. The van der Waals surface area contributed by atoms with Crippen LogP contribution in [0.1, 0.15) is 31.1 Å². The quantitative estimate of drug-likeness (QED) is 0.633. The molecular weight excluding hydrogens is 334 g/mol. The topological polar surface area (TPSA) is 99.7 Å². The molecule has 26 heavy (non-hydrogen) atoms. The molecule has 2 atom stereocenters. The summed E-state index contributed by atoms with van der Waals surface area (Å²) in [4.78, 5) is 24.4. The Morgan fingerprint density at radius 2 is 1.85 bits per heavy atom. The van der Waals surface area contributed by atoms with Gasteiger partial charge in [0, 0.05) is 22.9 Å². The monoisotopic (exact) mass is 353 g/mol. The third-order valence-corrected chi connectivity index (χ3v) is 5.23. The summed E-state index contributed by atoms with van der Waals surface area (Å²) in [5.74, 6) is 0.175. The van der Waals surface area contributed by atoms with E-state index in [9.17, 15) is 14.7 Å². The molecule has 0 aromatic heterocycles. The molecule has 7 nitrogen and oxygen atoms in total. The van der Waals surface area contributed by atoms with Crippen LogP contribution in [0, 0.1) is 0 Å². The van der Waals surface area contributed by atoms with Gasteiger partial charge in [-0.05, 0) is 38.1 Å². The van der Waals surface area contributed by atoms with Gasteiger partial charge in [-0.25, -0.2) is 0 Å². The van der Waals surface area contributed by atoms with E-state index in [0.29, 0.717) is 17.0 Å². The van der Waals surface area contributed by atoms with Crippen LogP contribution >= 0.6 is 0 Å². The highest BCUT2D eigenvalue weighted by molar-refractivity contribution is 6.21. The lowest BCUT2D eigenvalue weighted by Gasteiger charge is -2.18. The Hall–Kier alpha value is -3.22. The van der Waals surface area contributed by atoms with E-state index in [1.807, 2.05) is 12.1 Å². The minimum Gasteiger partial charge on any atom is -0.508 e. The van der Waals surface area contributed by atoms with E-state index in [1.165, 1.54) is 6.92 Å². The Morgan fingerprint density at radius 1 is 1.15 bits per heavy atom. The maximum atomic E-state index is 12.3. The fourth-order valence-corrected chi connectivity index (χ4v) is 3.52. The van der Waals surface area contributed by atoms with E-state index in [0.717, 1.165) is 16.9 Å². The summed E-state index contributed by atoms with van der Waals surface area (Å²) < 4.78 is 5.35. The van der Waals surface area contributed by atoms with Gasteiger partial charge in [-0.2, -0.15) is 0 Å². The van der Waals surface area contributed by atoms with E-state index in [2.05, 4.69) is 16.0 Å². The average molecular weight is 353 g/mol. The summed E-state index contributed by atoms with van der Waals surface area (Å²) in [5, 5.41) is 19.1. The van der Waals surface area contributed by atoms with Crippen molar-refractivity contribution in [2.75, 3.05) is 23.1 Å². The number of carbonyl (C=O) groups excluding carboxylic acids is 2. The lowest BCUT2D eigenvalue weighted by atomic mass is 9.80. The van der Waals surface area contributed by atoms with Crippen LogP contribution in [0.5, 0.6) is 11.5 Å². The van der Waals surface area contributed by atoms with Crippen molar-refractivity contribution in [1.29, 1.82) is 0 Å². The molecule has 0 bridgehead atoms. The molecule has 4 N–H and O–H groups in total. The molecule has 0 aliphatic carbocycles. The van der Waals surface area contributed by atoms with Crippen LogP contribution in [0.2, 0.25) is 0 Å². The van der Waals surface area contributed by atoms with Crippen molar-refractivity contribution in [3.63, 3.8) is 0 Å². The average Bonchev–Trinajstić information content (AvgIpc) is 3.12. The van der Waals surface area contributed by atoms with Crippen molar-refractivity contribution in [3.8, 4) is 11.5 Å². The van der Waals surface area contributed by atoms with E-state index >= 15 is 0 Å². The number of amides is 1. The lowest BCUT2D eigenvalue weighted by Crippen LogP contribution is -2.37. The van der Waals surface area contributed by atoms with Crippen molar-refractivity contribution in [2.24, 2.45) is 0 Å². The van der Waals surface area contributed by atoms with Gasteiger partial charge in [0.25, 0.3) is 0 Å². The number of phenolic OH excluding ortho intramolecular Hbond substituents is 1. The molecule has 2 heterocycles. The number of nitrogens with one attached hydrogen (secondary N) is 3. The Bertz CT molecular complexity index is 956. The van der Waals surface area contributed by atoms with Crippen molar-refractivity contribution < 1.29 is 19.4 Å². The molecule has 2 aromatic carbocycles. The molecule has 0 saturated carbocycles. The third kappa shape index (κ3) is 2.13. The van der Waals surface area contributed by atoms with Crippen LogP contribution in [-0.2, 0) is 15.0 Å². The molecule has 0 fully saturated rings. The van der Waals surface area contributed by atoms with Gasteiger partial charge in [-0.1, -0.05) is 0 Å². The number of carbonyl (C=O) groups is 2. The van der Waals surface area contributed by atoms with E-state index in [4.69, 9.17) is 4.74 Å². The van der Waals surface area contributed by atoms with E-state index in [1.54, 1.807) is 32.2 Å². The van der Waals surface area contributed by atoms with Crippen LogP contribution in [0.15, 0.2) is 30.3 Å². The Labute approximate surface area is 150 Å². The summed E-state index contributed by atoms with van der Waals surface area (Å²) in [5.41, 5.74) is 2.57. The molecule has 1 amide bonds. The number of anilines is 3. The molecule has 2 aromatic rings. The molecule has 7 heteroatoms. The SMILES string of the molecule is COc1cc(O)ccc1C1Nc2cc3c(cc2N1)C(C)(C(C)=O)C(=O)N3. The second-order valence-electron chi connectivity index (χ2n) is 6.73. The summed E-state index contributed by atoms with van der Waals surface area (Å²) in [6.45, 7) is 3.07. The van der Waals surface area contributed by atoms with E-state index in [-0.39, 0.29) is 23.6 Å². The largest absolute Gasteiger partial charge is 0.508 e. The maximum Gasteiger partial charge on any atom is 0.242 e. The number of phenols is 1. The first kappa shape index (κ1) is 16.3. The Kier molecular flexibility index (Phi) is 3.37. The summed E-state index contributed by atoms with van der Waals surface area (Å²) in [6, 6.07) is 8.59. The normalized spacial score (nSPS) is 22.7. The molecule has 2 aliphatic rings. The highest BCUT2D eigenvalue weighted by Crippen LogP contribution is 2.47. The van der Waals surface area contributed by atoms with Gasteiger partial charge in [0.05, 0.1) is 18.5 Å². The highest BCUT2D eigenvalue weighted by atomic mass is 16.5. The van der Waals surface area contributed by atoms with Gasteiger partial charge in [0.1, 0.15) is 28.9 Å². The minimum absolute atomic E-state index is 0.125. The van der Waals surface area contributed by atoms with Gasteiger partial charge in [0.2, 0.25) is 5.91 Å². The minimum atomic E-state index is -1.18. The number of ketones is 1. The molecule has 2 unspecified atom stereocenters. The zero-order valence-corrected chi connectivity index (χ0v) is 14.6. The molecule has 0 radical (unpaired) electrons. The number of aromatic hydroxyl groups is 1. The Balaban J connectivity index is 1.73. The van der Waals surface area contributed by atoms with Gasteiger partial charge >= 0.3 is 0 Å². The molecule has 0 spiro atoms. The Morgan fingerprint density at radius 3 is 2.50 bits per heavy atom. The van der Waals surface area contributed by atoms with Gasteiger partial charge < -0.3 is 25.8 Å². The van der Waals surface area contributed by atoms with Gasteiger partial charge in [0.15, 0.2) is 0 Å². The molecule has 2 aliphatic heterocycles. The number of rotatable bonds is 3. The first-order valence-corrected chi connectivity index (χ1v) is 8.25. The predicted octanol–water partition coefficient (Wildman–Crippen LogP) is 2.74. The fourth-order valence-electron chi connectivity index (χ4n) is 3.52. The zero-order valence-electron chi connectivity index (χ0n) is 14.6.